The van der Waals surface area contributed by atoms with E-state index in [0.717, 1.165) is 10.2 Å². The third-order valence-corrected chi connectivity index (χ3v) is 3.13. The molecule has 0 aliphatic carbocycles. The number of hydrogen-bond acceptors (Lipinski definition) is 5. The van der Waals surface area contributed by atoms with Crippen LogP contribution in [0.15, 0.2) is 18.2 Å². The zero-order valence-electron chi connectivity index (χ0n) is 10.1. The number of thiazole rings is 1. The Morgan fingerprint density at radius 3 is 2.89 bits per heavy atom. The number of fused-ring (bicyclic) bond motifs is 1. The van der Waals surface area contributed by atoms with Crippen LogP contribution in [0.2, 0.25) is 0 Å². The second kappa shape index (κ2) is 5.46. The average molecular weight is 274 g/mol. The van der Waals surface area contributed by atoms with Crippen molar-refractivity contribution in [2.24, 2.45) is 0 Å². The molecule has 2 amide bonds. The van der Waals surface area contributed by atoms with E-state index in [2.05, 4.69) is 15.6 Å². The van der Waals surface area contributed by atoms with Gasteiger partial charge in [-0.05, 0) is 18.2 Å². The van der Waals surface area contributed by atoms with E-state index in [1.165, 1.54) is 18.3 Å². The summed E-state index contributed by atoms with van der Waals surface area (Å²) in [4.78, 5) is 26.5. The quantitative estimate of drug-likeness (QED) is 0.896. The molecule has 1 aromatic heterocycles. The van der Waals surface area contributed by atoms with E-state index in [1.807, 2.05) is 0 Å². The number of nitriles is 1. The first-order chi connectivity index (χ1) is 9.08. The van der Waals surface area contributed by atoms with Crippen molar-refractivity contribution < 1.29 is 9.59 Å². The van der Waals surface area contributed by atoms with Crippen LogP contribution in [0.3, 0.4) is 0 Å². The zero-order valence-corrected chi connectivity index (χ0v) is 10.9. The molecule has 96 valence electrons. The molecular weight excluding hydrogens is 264 g/mol. The number of nitrogens with zero attached hydrogens (tertiary/aromatic N) is 2. The van der Waals surface area contributed by atoms with Crippen LogP contribution in [0.25, 0.3) is 10.2 Å². The molecular formula is C12H10N4O2S. The van der Waals surface area contributed by atoms with Crippen LogP contribution in [0.4, 0.5) is 10.8 Å². The minimum absolute atomic E-state index is 0.147. The number of anilines is 2. The highest BCUT2D eigenvalue weighted by Gasteiger charge is 2.08. The fourth-order valence-corrected chi connectivity index (χ4v) is 2.42. The van der Waals surface area contributed by atoms with Gasteiger partial charge in [-0.1, -0.05) is 11.3 Å². The minimum Gasteiger partial charge on any atom is -0.326 e. The van der Waals surface area contributed by atoms with Gasteiger partial charge in [-0.2, -0.15) is 5.26 Å². The van der Waals surface area contributed by atoms with Crippen molar-refractivity contribution in [2.45, 2.75) is 13.3 Å². The number of nitrogens with one attached hydrogen (secondary N) is 2. The lowest BCUT2D eigenvalue weighted by Gasteiger charge is -1.99. The van der Waals surface area contributed by atoms with E-state index in [9.17, 15) is 9.59 Å². The SMILES string of the molecule is CC(=O)Nc1ccc2nc(NC(=O)CC#N)sc2c1. The largest absolute Gasteiger partial charge is 0.326 e. The van der Waals surface area contributed by atoms with Crippen LogP contribution in [-0.2, 0) is 9.59 Å². The molecule has 0 bridgehead atoms. The van der Waals surface area contributed by atoms with Crippen LogP contribution in [0.1, 0.15) is 13.3 Å². The van der Waals surface area contributed by atoms with Crippen LogP contribution in [-0.4, -0.2) is 16.8 Å². The molecule has 0 atom stereocenters. The maximum absolute atomic E-state index is 11.3. The molecule has 0 spiro atoms. The van der Waals surface area contributed by atoms with Gasteiger partial charge in [0.1, 0.15) is 6.42 Å². The molecule has 7 heteroatoms. The summed E-state index contributed by atoms with van der Waals surface area (Å²) in [7, 11) is 0. The second-order valence-corrected chi connectivity index (χ2v) is 4.80. The summed E-state index contributed by atoms with van der Waals surface area (Å²) in [5.74, 6) is -0.532. The highest BCUT2D eigenvalue weighted by atomic mass is 32.1. The Kier molecular flexibility index (Phi) is 3.73. The van der Waals surface area contributed by atoms with Gasteiger partial charge >= 0.3 is 0 Å². The van der Waals surface area contributed by atoms with E-state index >= 15 is 0 Å². The van der Waals surface area contributed by atoms with E-state index in [-0.39, 0.29) is 18.2 Å². The number of carbonyl (C=O) groups is 2. The summed E-state index contributed by atoms with van der Waals surface area (Å²) < 4.78 is 0.846. The predicted octanol–water partition coefficient (Wildman–Crippen LogP) is 2.11. The summed E-state index contributed by atoms with van der Waals surface area (Å²) in [5, 5.41) is 14.1. The number of carbonyl (C=O) groups excluding carboxylic acids is 2. The third-order valence-electron chi connectivity index (χ3n) is 2.19. The molecule has 0 saturated heterocycles. The maximum atomic E-state index is 11.3. The first-order valence-corrected chi connectivity index (χ1v) is 6.25. The summed E-state index contributed by atoms with van der Waals surface area (Å²) in [6.45, 7) is 1.43. The lowest BCUT2D eigenvalue weighted by atomic mass is 10.3. The molecule has 0 aliphatic rings. The highest BCUT2D eigenvalue weighted by molar-refractivity contribution is 7.22. The van der Waals surface area contributed by atoms with E-state index in [4.69, 9.17) is 5.26 Å². The van der Waals surface area contributed by atoms with Crippen molar-refractivity contribution in [3.05, 3.63) is 18.2 Å². The number of hydrogen-bond donors (Lipinski definition) is 2. The van der Waals surface area contributed by atoms with Gasteiger partial charge in [0.15, 0.2) is 5.13 Å². The Morgan fingerprint density at radius 1 is 1.42 bits per heavy atom. The Labute approximate surface area is 113 Å². The van der Waals surface area contributed by atoms with Crippen molar-refractivity contribution in [1.29, 1.82) is 5.26 Å². The Balaban J connectivity index is 2.23. The minimum atomic E-state index is -0.386. The second-order valence-electron chi connectivity index (χ2n) is 3.77. The summed E-state index contributed by atoms with van der Waals surface area (Å²) in [6.07, 6.45) is -0.201. The van der Waals surface area contributed by atoms with E-state index in [1.54, 1.807) is 24.3 Å². The van der Waals surface area contributed by atoms with Gasteiger partial charge in [-0.3, -0.25) is 9.59 Å². The van der Waals surface area contributed by atoms with Crippen LogP contribution in [0.5, 0.6) is 0 Å². The van der Waals surface area contributed by atoms with Crippen LogP contribution < -0.4 is 10.6 Å². The Bertz CT molecular complexity index is 687. The molecule has 2 aromatic rings. The number of benzene rings is 1. The van der Waals surface area contributed by atoms with Crippen molar-refractivity contribution in [3.8, 4) is 6.07 Å². The first kappa shape index (κ1) is 13.0. The third kappa shape index (κ3) is 3.26. The maximum Gasteiger partial charge on any atom is 0.240 e. The fraction of sp³-hybridized carbons (Fsp3) is 0.167. The van der Waals surface area contributed by atoms with Crippen LogP contribution in [0, 0.1) is 11.3 Å². The Hall–Kier alpha value is -2.46. The predicted molar refractivity (Wildman–Crippen MR) is 72.8 cm³/mol. The molecule has 0 fully saturated rings. The normalized spacial score (nSPS) is 9.89. The van der Waals surface area contributed by atoms with Crippen molar-refractivity contribution in [2.75, 3.05) is 10.6 Å². The summed E-state index contributed by atoms with van der Waals surface area (Å²) in [5.41, 5.74) is 1.41. The lowest BCUT2D eigenvalue weighted by molar-refractivity contribution is -0.115. The number of rotatable bonds is 3. The molecule has 0 radical (unpaired) electrons. The summed E-state index contributed by atoms with van der Waals surface area (Å²) in [6, 6.07) is 7.06. The van der Waals surface area contributed by atoms with E-state index < -0.39 is 0 Å². The average Bonchev–Trinajstić information content (AvgIpc) is 2.69. The van der Waals surface area contributed by atoms with Gasteiger partial charge in [0.2, 0.25) is 11.8 Å². The van der Waals surface area contributed by atoms with Gasteiger partial charge < -0.3 is 10.6 Å². The van der Waals surface area contributed by atoms with E-state index in [0.29, 0.717) is 10.8 Å². The smallest absolute Gasteiger partial charge is 0.240 e. The monoisotopic (exact) mass is 274 g/mol. The molecule has 2 N–H and O–H groups in total. The molecule has 1 heterocycles. The van der Waals surface area contributed by atoms with Crippen LogP contribution >= 0.6 is 11.3 Å². The number of aromatic nitrogens is 1. The van der Waals surface area contributed by atoms with Crippen molar-refractivity contribution in [1.82, 2.24) is 4.98 Å². The van der Waals surface area contributed by atoms with Crippen molar-refractivity contribution in [3.63, 3.8) is 0 Å². The molecule has 19 heavy (non-hydrogen) atoms. The van der Waals surface area contributed by atoms with Gasteiger partial charge in [0.25, 0.3) is 0 Å². The van der Waals surface area contributed by atoms with Gasteiger partial charge in [0.05, 0.1) is 16.3 Å². The van der Waals surface area contributed by atoms with Gasteiger partial charge in [0, 0.05) is 12.6 Å². The number of amides is 2. The molecule has 2 rings (SSSR count). The highest BCUT2D eigenvalue weighted by Crippen LogP contribution is 2.28. The first-order valence-electron chi connectivity index (χ1n) is 5.43. The molecule has 0 unspecified atom stereocenters. The fourth-order valence-electron chi connectivity index (χ4n) is 1.49. The Morgan fingerprint density at radius 2 is 2.21 bits per heavy atom. The summed E-state index contributed by atoms with van der Waals surface area (Å²) >= 11 is 1.29. The van der Waals surface area contributed by atoms with Gasteiger partial charge in [-0.25, -0.2) is 4.98 Å². The molecule has 0 saturated carbocycles. The molecule has 0 aliphatic heterocycles. The standard InChI is InChI=1S/C12H10N4O2S/c1-7(17)14-8-2-3-9-10(6-8)19-12(15-9)16-11(18)4-5-13/h2-3,6H,4H2,1H3,(H,14,17)(H,15,16,18). The molecule has 6 nitrogen and oxygen atoms in total. The zero-order chi connectivity index (χ0) is 13.8. The topological polar surface area (TPSA) is 94.9 Å². The van der Waals surface area contributed by atoms with Gasteiger partial charge in [-0.15, -0.1) is 0 Å². The lowest BCUT2D eigenvalue weighted by Crippen LogP contribution is -2.09. The van der Waals surface area contributed by atoms with Crippen molar-refractivity contribution >= 4 is 44.2 Å². The molecule has 1 aromatic carbocycles.